The summed E-state index contributed by atoms with van der Waals surface area (Å²) in [7, 11) is 0. The van der Waals surface area contributed by atoms with Gasteiger partial charge >= 0.3 is 0 Å². The molecular weight excluding hydrogens is 338 g/mol. The van der Waals surface area contributed by atoms with E-state index in [0.29, 0.717) is 12.5 Å². The summed E-state index contributed by atoms with van der Waals surface area (Å²) in [6, 6.07) is 2.36. The number of rotatable bonds is 5. The van der Waals surface area contributed by atoms with Crippen LogP contribution in [-0.4, -0.2) is 18.6 Å². The number of benzene rings is 1. The second kappa shape index (κ2) is 8.20. The van der Waals surface area contributed by atoms with Crippen LogP contribution in [0.3, 0.4) is 0 Å². The van der Waals surface area contributed by atoms with Gasteiger partial charge in [0.05, 0.1) is 12.9 Å². The van der Waals surface area contributed by atoms with Crippen molar-refractivity contribution in [3.8, 4) is 5.75 Å². The SMILES string of the molecule is CCOc1c(/C(C)=C/C(=O)NC2CCCCC2C)cc2c(C)coc2c1C. The van der Waals surface area contributed by atoms with Crippen molar-refractivity contribution in [1.29, 1.82) is 0 Å². The van der Waals surface area contributed by atoms with Gasteiger partial charge < -0.3 is 14.5 Å². The number of nitrogens with one attached hydrogen (secondary N) is 1. The maximum atomic E-state index is 12.6. The number of hydrogen-bond acceptors (Lipinski definition) is 3. The fourth-order valence-electron chi connectivity index (χ4n) is 4.09. The van der Waals surface area contributed by atoms with Gasteiger partial charge in [-0.3, -0.25) is 4.79 Å². The van der Waals surface area contributed by atoms with Gasteiger partial charge in [-0.25, -0.2) is 0 Å². The molecule has 1 N–H and O–H groups in total. The van der Waals surface area contributed by atoms with Gasteiger partial charge in [0.2, 0.25) is 5.91 Å². The number of ether oxygens (including phenoxy) is 1. The van der Waals surface area contributed by atoms with Crippen LogP contribution in [0.2, 0.25) is 0 Å². The van der Waals surface area contributed by atoms with E-state index in [1.807, 2.05) is 27.7 Å². The Kier molecular flexibility index (Phi) is 5.93. The Morgan fingerprint density at radius 1 is 1.33 bits per heavy atom. The highest BCUT2D eigenvalue weighted by Gasteiger charge is 2.23. The molecule has 1 heterocycles. The average molecular weight is 370 g/mol. The average Bonchev–Trinajstić information content (AvgIpc) is 3.00. The van der Waals surface area contributed by atoms with E-state index < -0.39 is 0 Å². The molecule has 0 aliphatic heterocycles. The number of carbonyl (C=O) groups excluding carboxylic acids is 1. The fourth-order valence-corrected chi connectivity index (χ4v) is 4.09. The minimum atomic E-state index is -0.0182. The van der Waals surface area contributed by atoms with Gasteiger partial charge in [0.1, 0.15) is 11.3 Å². The van der Waals surface area contributed by atoms with Crippen LogP contribution in [0.5, 0.6) is 5.75 Å². The van der Waals surface area contributed by atoms with E-state index in [9.17, 15) is 4.79 Å². The molecule has 146 valence electrons. The molecule has 0 bridgehead atoms. The van der Waals surface area contributed by atoms with Crippen molar-refractivity contribution >= 4 is 22.4 Å². The largest absolute Gasteiger partial charge is 0.493 e. The topological polar surface area (TPSA) is 51.5 Å². The Morgan fingerprint density at radius 2 is 2.07 bits per heavy atom. The first-order valence-corrected chi connectivity index (χ1v) is 10.1. The number of allylic oxidation sites excluding steroid dienone is 1. The smallest absolute Gasteiger partial charge is 0.244 e. The molecule has 1 saturated carbocycles. The molecule has 1 amide bonds. The Bertz CT molecular complexity index is 862. The van der Waals surface area contributed by atoms with Crippen LogP contribution < -0.4 is 10.1 Å². The van der Waals surface area contributed by atoms with Crippen molar-refractivity contribution in [1.82, 2.24) is 5.32 Å². The third-order valence-corrected chi connectivity index (χ3v) is 5.74. The molecule has 0 spiro atoms. The Balaban J connectivity index is 1.92. The first-order valence-electron chi connectivity index (χ1n) is 10.1. The summed E-state index contributed by atoms with van der Waals surface area (Å²) in [4.78, 5) is 12.6. The van der Waals surface area contributed by atoms with E-state index >= 15 is 0 Å². The van der Waals surface area contributed by atoms with Crippen LogP contribution in [0, 0.1) is 19.8 Å². The lowest BCUT2D eigenvalue weighted by Gasteiger charge is -2.29. The highest BCUT2D eigenvalue weighted by atomic mass is 16.5. The van der Waals surface area contributed by atoms with Gasteiger partial charge in [0.25, 0.3) is 0 Å². The number of aryl methyl sites for hydroxylation is 2. The molecule has 3 rings (SSSR count). The van der Waals surface area contributed by atoms with E-state index in [1.165, 1.54) is 19.3 Å². The third kappa shape index (κ3) is 4.05. The number of carbonyl (C=O) groups is 1. The summed E-state index contributed by atoms with van der Waals surface area (Å²) in [6.45, 7) is 10.8. The molecule has 0 radical (unpaired) electrons. The first kappa shape index (κ1) is 19.5. The summed E-state index contributed by atoms with van der Waals surface area (Å²) >= 11 is 0. The summed E-state index contributed by atoms with van der Waals surface area (Å²) in [6.07, 6.45) is 8.21. The van der Waals surface area contributed by atoms with E-state index in [0.717, 1.165) is 45.4 Å². The van der Waals surface area contributed by atoms with Crippen molar-refractivity contribution in [2.45, 2.75) is 66.3 Å². The Hall–Kier alpha value is -2.23. The van der Waals surface area contributed by atoms with Crippen molar-refractivity contribution in [3.63, 3.8) is 0 Å². The van der Waals surface area contributed by atoms with Crippen molar-refractivity contribution < 1.29 is 13.9 Å². The molecule has 1 aliphatic rings. The zero-order valence-corrected chi connectivity index (χ0v) is 17.1. The lowest BCUT2D eigenvalue weighted by Crippen LogP contribution is -2.40. The van der Waals surface area contributed by atoms with Crippen LogP contribution in [0.4, 0.5) is 0 Å². The van der Waals surface area contributed by atoms with Gasteiger partial charge in [0.15, 0.2) is 0 Å². The Morgan fingerprint density at radius 3 is 2.78 bits per heavy atom. The van der Waals surface area contributed by atoms with Gasteiger partial charge in [-0.2, -0.15) is 0 Å². The van der Waals surface area contributed by atoms with Crippen molar-refractivity contribution in [2.75, 3.05) is 6.61 Å². The minimum absolute atomic E-state index is 0.0182. The zero-order chi connectivity index (χ0) is 19.6. The first-order chi connectivity index (χ1) is 12.9. The van der Waals surface area contributed by atoms with E-state index in [1.54, 1.807) is 12.3 Å². The van der Waals surface area contributed by atoms with E-state index in [4.69, 9.17) is 9.15 Å². The number of fused-ring (bicyclic) bond motifs is 1. The van der Waals surface area contributed by atoms with Crippen LogP contribution in [0.15, 0.2) is 22.8 Å². The molecule has 1 aromatic carbocycles. The molecule has 4 nitrogen and oxygen atoms in total. The second-order valence-corrected chi connectivity index (χ2v) is 7.81. The maximum Gasteiger partial charge on any atom is 0.244 e. The number of furan rings is 1. The van der Waals surface area contributed by atoms with Crippen molar-refractivity contribution in [2.24, 2.45) is 5.92 Å². The fraction of sp³-hybridized carbons (Fsp3) is 0.522. The van der Waals surface area contributed by atoms with E-state index in [2.05, 4.69) is 18.3 Å². The molecule has 4 heteroatoms. The third-order valence-electron chi connectivity index (χ3n) is 5.74. The molecule has 2 unspecified atom stereocenters. The second-order valence-electron chi connectivity index (χ2n) is 7.81. The molecule has 27 heavy (non-hydrogen) atoms. The quantitative estimate of drug-likeness (QED) is 0.703. The molecule has 2 atom stereocenters. The van der Waals surface area contributed by atoms with Crippen LogP contribution in [0.25, 0.3) is 16.5 Å². The van der Waals surface area contributed by atoms with Gasteiger partial charge in [-0.05, 0) is 63.7 Å². The van der Waals surface area contributed by atoms with Crippen LogP contribution >= 0.6 is 0 Å². The van der Waals surface area contributed by atoms with Crippen LogP contribution in [0.1, 0.15) is 63.1 Å². The predicted molar refractivity (Wildman–Crippen MR) is 110 cm³/mol. The summed E-state index contributed by atoms with van der Waals surface area (Å²) in [5.74, 6) is 1.32. The normalized spacial score (nSPS) is 20.7. The van der Waals surface area contributed by atoms with Gasteiger partial charge in [-0.15, -0.1) is 0 Å². The molecule has 2 aromatic rings. The maximum absolute atomic E-state index is 12.6. The highest BCUT2D eigenvalue weighted by Crippen LogP contribution is 2.37. The van der Waals surface area contributed by atoms with E-state index in [-0.39, 0.29) is 11.9 Å². The number of hydrogen-bond donors (Lipinski definition) is 1. The summed E-state index contributed by atoms with van der Waals surface area (Å²) in [5.41, 5.74) is 4.79. The summed E-state index contributed by atoms with van der Waals surface area (Å²) in [5, 5.41) is 4.27. The zero-order valence-electron chi connectivity index (χ0n) is 17.1. The minimum Gasteiger partial charge on any atom is -0.493 e. The lowest BCUT2D eigenvalue weighted by molar-refractivity contribution is -0.117. The van der Waals surface area contributed by atoms with Gasteiger partial charge in [-0.1, -0.05) is 19.8 Å². The molecule has 1 fully saturated rings. The monoisotopic (exact) mass is 369 g/mol. The van der Waals surface area contributed by atoms with Crippen LogP contribution in [-0.2, 0) is 4.79 Å². The molecule has 1 aliphatic carbocycles. The highest BCUT2D eigenvalue weighted by molar-refractivity contribution is 5.98. The van der Waals surface area contributed by atoms with Gasteiger partial charge in [0, 0.05) is 28.6 Å². The molecule has 0 saturated heterocycles. The summed E-state index contributed by atoms with van der Waals surface area (Å²) < 4.78 is 11.6. The number of amides is 1. The predicted octanol–water partition coefficient (Wildman–Crippen LogP) is 5.55. The molecule has 1 aromatic heterocycles. The lowest BCUT2D eigenvalue weighted by atomic mass is 9.86. The Labute approximate surface area is 162 Å². The standard InChI is InChI=1S/C23H31NO3/c1-6-26-22-17(5)23-19(16(4)13-27-23)12-18(22)15(3)11-21(25)24-20-10-8-7-9-14(20)2/h11-14,20H,6-10H2,1-5H3,(H,24,25)/b15-11+. The molecular formula is C23H31NO3. The van der Waals surface area contributed by atoms with Crippen molar-refractivity contribution in [3.05, 3.63) is 35.1 Å².